The van der Waals surface area contributed by atoms with Crippen LogP contribution in [0.1, 0.15) is 78.4 Å². The first-order chi connectivity index (χ1) is 39.8. The van der Waals surface area contributed by atoms with E-state index in [4.69, 9.17) is 47.4 Å². The second kappa shape index (κ2) is 43.2. The predicted molar refractivity (Wildman–Crippen MR) is 303 cm³/mol. The molecule has 2 aromatic rings. The van der Waals surface area contributed by atoms with E-state index in [-0.39, 0.29) is 132 Å². The van der Waals surface area contributed by atoms with Crippen molar-refractivity contribution in [3.63, 3.8) is 0 Å². The third-order valence-corrected chi connectivity index (χ3v) is 11.7. The van der Waals surface area contributed by atoms with E-state index in [0.717, 1.165) is 0 Å². The number of esters is 6. The summed E-state index contributed by atoms with van der Waals surface area (Å²) >= 11 is 0. The van der Waals surface area contributed by atoms with Crippen LogP contribution >= 0.6 is 0 Å². The van der Waals surface area contributed by atoms with Gasteiger partial charge in [0.2, 0.25) is 0 Å². The van der Waals surface area contributed by atoms with Crippen LogP contribution < -0.4 is 29.6 Å². The van der Waals surface area contributed by atoms with E-state index in [9.17, 15) is 49.0 Å². The maximum atomic E-state index is 12.7. The normalized spacial score (nSPS) is 11.3. The number of nitro benzene ring substituents is 2. The lowest BCUT2D eigenvalue weighted by atomic mass is 9.79. The molecule has 474 valence electrons. The standard InChI is InChI=1S/C30H48N2O12.C19H26N2O9.C7H12O3/c1-8-30(4,28(35)44-15-12-38-5)11-9-10-29(2,3)27(34)43-17-14-41-13-16-42-25-19-23(32(36)37)22(18-24(25)39-6)20-31-21-26(33)40-7;1-13(2)19(23)30-8-6-28-5-7-29-17-10-15(21(24)25)14(9-16(17)26-3)11-20-12-18(22)27-4;1-6(2)7(8)10-5-4-9-3/h18-19,31H,8-17,20-21H2,1-7H3;9-10,20H,1,5-8,11-12H2,2-4H3;1,4-5H2,2-3H3. The molecule has 1 atom stereocenters. The summed E-state index contributed by atoms with van der Waals surface area (Å²) in [6, 6.07) is 5.45. The summed E-state index contributed by atoms with van der Waals surface area (Å²) in [5.41, 5.74) is -0.418. The fraction of sp³-hybridized carbons (Fsp3) is 0.607. The molecule has 0 heterocycles. The van der Waals surface area contributed by atoms with Gasteiger partial charge in [0.05, 0.1) is 114 Å². The number of nitrogens with one attached hydrogen (secondary N) is 2. The molecule has 84 heavy (non-hydrogen) atoms. The predicted octanol–water partition coefficient (Wildman–Crippen LogP) is 5.74. The Morgan fingerprint density at radius 3 is 1.27 bits per heavy atom. The topological polar surface area (TPSA) is 342 Å². The number of hydrogen-bond donors (Lipinski definition) is 2. The molecule has 0 amide bonds. The zero-order valence-electron chi connectivity index (χ0n) is 50.6. The second-order valence-corrected chi connectivity index (χ2v) is 18.8. The van der Waals surface area contributed by atoms with Crippen molar-refractivity contribution in [3.05, 3.63) is 79.9 Å². The SMILES string of the molecule is C=C(C)C(=O)OCCOC.C=C(C)C(=O)OCCOCCOc1cc([N+](=O)[O-])c(CNCC(=O)OC)cc1OC.CCC(C)(CCCC(C)(C)C(=O)OCCOCCOc1cc([N+](=O)[O-])c(CNCC(=O)OC)cc1OC)C(=O)OCCOC. The summed E-state index contributed by atoms with van der Waals surface area (Å²) in [4.78, 5) is 91.4. The highest BCUT2D eigenvalue weighted by Gasteiger charge is 2.35. The van der Waals surface area contributed by atoms with Crippen molar-refractivity contribution in [3.8, 4) is 23.0 Å². The van der Waals surface area contributed by atoms with Crippen molar-refractivity contribution in [2.24, 2.45) is 10.8 Å². The lowest BCUT2D eigenvalue weighted by Crippen LogP contribution is -2.32. The Morgan fingerprint density at radius 2 is 0.905 bits per heavy atom. The van der Waals surface area contributed by atoms with Gasteiger partial charge in [0, 0.05) is 49.6 Å². The van der Waals surface area contributed by atoms with Crippen LogP contribution in [0, 0.1) is 31.1 Å². The molecule has 2 aromatic carbocycles. The van der Waals surface area contributed by atoms with Gasteiger partial charge in [-0.1, -0.05) is 26.5 Å². The van der Waals surface area contributed by atoms with Crippen LogP contribution in [0.4, 0.5) is 11.4 Å². The fourth-order valence-corrected chi connectivity index (χ4v) is 6.60. The Bertz CT molecular complexity index is 2410. The molecule has 1 unspecified atom stereocenters. The van der Waals surface area contributed by atoms with Gasteiger partial charge in [-0.2, -0.15) is 0 Å². The number of benzene rings is 2. The van der Waals surface area contributed by atoms with Gasteiger partial charge in [-0.25, -0.2) is 9.59 Å². The quantitative estimate of drug-likeness (QED) is 0.0200. The molecular formula is C56H86N4O24. The summed E-state index contributed by atoms with van der Waals surface area (Å²) in [5.74, 6) is -1.55. The van der Waals surface area contributed by atoms with Gasteiger partial charge in [-0.05, 0) is 66.0 Å². The number of nitrogens with zero attached hydrogens (tertiary/aromatic N) is 2. The zero-order chi connectivity index (χ0) is 63.7. The highest BCUT2D eigenvalue weighted by Crippen LogP contribution is 2.37. The van der Waals surface area contributed by atoms with Gasteiger partial charge in [0.25, 0.3) is 11.4 Å². The van der Waals surface area contributed by atoms with Crippen molar-refractivity contribution in [2.45, 2.75) is 80.3 Å². The number of nitro groups is 2. The molecule has 0 aliphatic rings. The number of rotatable bonds is 41. The highest BCUT2D eigenvalue weighted by molar-refractivity contribution is 5.87. The Hall–Kier alpha value is -7.50. The third kappa shape index (κ3) is 31.2. The number of ether oxygens (including phenoxy) is 14. The van der Waals surface area contributed by atoms with Gasteiger partial charge < -0.3 is 76.9 Å². The van der Waals surface area contributed by atoms with E-state index in [1.54, 1.807) is 41.9 Å². The smallest absolute Gasteiger partial charge is 0.333 e. The number of methoxy groups -OCH3 is 6. The van der Waals surface area contributed by atoms with Crippen LogP contribution in [-0.4, -0.2) is 181 Å². The minimum absolute atomic E-state index is 0.0444. The maximum absolute atomic E-state index is 12.7. The van der Waals surface area contributed by atoms with Crippen LogP contribution in [0.25, 0.3) is 0 Å². The number of carbonyl (C=O) groups is 6. The second-order valence-electron chi connectivity index (χ2n) is 18.8. The first kappa shape index (κ1) is 76.5. The summed E-state index contributed by atoms with van der Waals surface area (Å²) in [6.45, 7) is 19.5. The molecule has 0 aromatic heterocycles. The van der Waals surface area contributed by atoms with Crippen molar-refractivity contribution < 1.29 is 105 Å². The molecule has 2 rings (SSSR count). The Balaban J connectivity index is 0.00000148. The molecule has 28 heteroatoms. The summed E-state index contributed by atoms with van der Waals surface area (Å²) in [7, 11) is 8.41. The molecule has 28 nitrogen and oxygen atoms in total. The third-order valence-electron chi connectivity index (χ3n) is 11.7. The first-order valence-electron chi connectivity index (χ1n) is 26.5. The van der Waals surface area contributed by atoms with E-state index < -0.39 is 38.6 Å². The largest absolute Gasteiger partial charge is 0.493 e. The molecular weight excluding hydrogens is 1110 g/mol. The lowest BCUT2D eigenvalue weighted by molar-refractivity contribution is -0.385. The molecule has 0 bridgehead atoms. The summed E-state index contributed by atoms with van der Waals surface area (Å²) < 4.78 is 71.4. The van der Waals surface area contributed by atoms with E-state index in [1.165, 1.54) is 52.7 Å². The van der Waals surface area contributed by atoms with Crippen LogP contribution in [0.15, 0.2) is 48.6 Å². The highest BCUT2D eigenvalue weighted by atomic mass is 16.6. The molecule has 0 saturated heterocycles. The monoisotopic (exact) mass is 1200 g/mol. The van der Waals surface area contributed by atoms with Crippen molar-refractivity contribution in [1.82, 2.24) is 10.6 Å². The zero-order valence-corrected chi connectivity index (χ0v) is 50.6. The number of hydrogen-bond acceptors (Lipinski definition) is 26. The maximum Gasteiger partial charge on any atom is 0.333 e. The van der Waals surface area contributed by atoms with Gasteiger partial charge in [0.15, 0.2) is 23.0 Å². The molecule has 0 aliphatic heterocycles. The van der Waals surface area contributed by atoms with Crippen molar-refractivity contribution in [2.75, 3.05) is 135 Å². The van der Waals surface area contributed by atoms with Gasteiger partial charge in [-0.15, -0.1) is 0 Å². The van der Waals surface area contributed by atoms with Crippen LogP contribution in [-0.2, 0) is 89.2 Å². The molecule has 0 fully saturated rings. The summed E-state index contributed by atoms with van der Waals surface area (Å²) in [6.07, 6.45) is 2.38. The number of carbonyl (C=O) groups excluding carboxylic acids is 6. The van der Waals surface area contributed by atoms with Crippen molar-refractivity contribution in [1.29, 1.82) is 0 Å². The van der Waals surface area contributed by atoms with Crippen molar-refractivity contribution >= 4 is 47.2 Å². The molecule has 2 N–H and O–H groups in total. The van der Waals surface area contributed by atoms with Crippen LogP contribution in [0.3, 0.4) is 0 Å². The van der Waals surface area contributed by atoms with Gasteiger partial charge in [-0.3, -0.25) is 39.4 Å². The first-order valence-corrected chi connectivity index (χ1v) is 26.5. The molecule has 0 saturated carbocycles. The lowest BCUT2D eigenvalue weighted by Gasteiger charge is -2.28. The average Bonchev–Trinajstić information content (AvgIpc) is 3.54. The van der Waals surface area contributed by atoms with Crippen LogP contribution in [0.2, 0.25) is 0 Å². The summed E-state index contributed by atoms with van der Waals surface area (Å²) in [5, 5.41) is 28.5. The van der Waals surface area contributed by atoms with Gasteiger partial charge in [0.1, 0.15) is 39.6 Å². The fourth-order valence-electron chi connectivity index (χ4n) is 6.60. The molecule has 0 radical (unpaired) electrons. The average molecular weight is 1200 g/mol. The van der Waals surface area contributed by atoms with Gasteiger partial charge >= 0.3 is 35.8 Å². The van der Waals surface area contributed by atoms with E-state index >= 15 is 0 Å². The Morgan fingerprint density at radius 1 is 0.524 bits per heavy atom. The minimum Gasteiger partial charge on any atom is -0.493 e. The molecule has 0 aliphatic carbocycles. The minimum atomic E-state index is -0.746. The van der Waals surface area contributed by atoms with E-state index in [1.807, 2.05) is 13.8 Å². The van der Waals surface area contributed by atoms with E-state index in [0.29, 0.717) is 73.5 Å². The molecule has 0 spiro atoms. The Kier molecular flexibility index (Phi) is 39.3. The Labute approximate surface area is 490 Å². The van der Waals surface area contributed by atoms with Crippen LogP contribution in [0.5, 0.6) is 23.0 Å². The van der Waals surface area contributed by atoms with E-state index in [2.05, 4.69) is 42.7 Å².